The lowest BCUT2D eigenvalue weighted by molar-refractivity contribution is 0.0696. The molecule has 72 heavy (non-hydrogen) atoms. The maximum Gasteiger partial charge on any atom is 0.338 e. The Hall–Kier alpha value is -5.56. The van der Waals surface area contributed by atoms with Crippen LogP contribution in [-0.4, -0.2) is 113 Å². The molecule has 5 aromatic carbocycles. The number of carboxylic acids is 1. The van der Waals surface area contributed by atoms with Crippen LogP contribution in [0.4, 0.5) is 27.1 Å². The van der Waals surface area contributed by atoms with Gasteiger partial charge in [-0.05, 0) is 155 Å². The third-order valence-corrected chi connectivity index (χ3v) is 17.5. The van der Waals surface area contributed by atoms with E-state index in [-0.39, 0.29) is 34.0 Å². The van der Waals surface area contributed by atoms with E-state index >= 15 is 4.39 Å². The van der Waals surface area contributed by atoms with Crippen LogP contribution in [0.2, 0.25) is 5.02 Å². The zero-order valence-corrected chi connectivity index (χ0v) is 44.1. The number of piperazine rings is 1. The quantitative estimate of drug-likeness (QED) is 0.0569. The summed E-state index contributed by atoms with van der Waals surface area (Å²) in [5.41, 5.74) is 5.11. The number of aliphatic hydroxyl groups excluding tert-OH is 1. The van der Waals surface area contributed by atoms with Crippen molar-refractivity contribution < 1.29 is 36.2 Å². The van der Waals surface area contributed by atoms with E-state index in [4.69, 9.17) is 11.6 Å². The fraction of sp³-hybridized carbons (Fsp3) is 0.352. The Morgan fingerprint density at radius 1 is 0.819 bits per heavy atom. The van der Waals surface area contributed by atoms with E-state index in [1.54, 1.807) is 43.0 Å². The molecule has 18 heteroatoms. The standard InChI is InChI=1S/C54H62ClFN6O7S3/c1-36(2)62-37(3)51(54(64)65)52(53(62)39-10-12-41(55)13-11-39)40-30-42(56)32-46(31-40)61-28-26-60(27-29-61)45-16-14-43(15-17-45)58-72(68,69)48-18-19-49(50(33-48)71(4,66)67)57-44(35-70-47-8-6-5-7-9-47)22-25-59-23-20-38(34-63)21-24-59/h5-19,30-33,36,38,44,57-58,63H,20-29,34-35H2,1-4H3,(H,64,65). The maximum absolute atomic E-state index is 15.7. The Balaban J connectivity index is 0.948. The Labute approximate surface area is 432 Å². The molecule has 3 heterocycles. The first-order valence-corrected chi connectivity index (χ1v) is 28.9. The van der Waals surface area contributed by atoms with Gasteiger partial charge in [-0.1, -0.05) is 41.9 Å². The first-order chi connectivity index (χ1) is 34.4. The number of halogens is 2. The zero-order chi connectivity index (χ0) is 51.3. The highest BCUT2D eigenvalue weighted by Gasteiger charge is 2.30. The number of aromatic carboxylic acids is 1. The Bertz CT molecular complexity index is 3090. The molecule has 2 saturated heterocycles. The second-order valence-corrected chi connectivity index (χ2v) is 24.1. The summed E-state index contributed by atoms with van der Waals surface area (Å²) in [6, 6.07) is 32.8. The summed E-state index contributed by atoms with van der Waals surface area (Å²) in [4.78, 5) is 20.3. The van der Waals surface area contributed by atoms with E-state index in [1.165, 1.54) is 30.3 Å². The first kappa shape index (κ1) is 52.8. The number of benzene rings is 5. The number of aliphatic hydroxyl groups is 1. The van der Waals surface area contributed by atoms with Crippen molar-refractivity contribution in [2.75, 3.05) is 84.3 Å². The van der Waals surface area contributed by atoms with Gasteiger partial charge in [-0.25, -0.2) is 26.0 Å². The molecule has 0 bridgehead atoms. The molecule has 0 radical (unpaired) electrons. The minimum absolute atomic E-state index is 0.0920. The van der Waals surface area contributed by atoms with E-state index in [0.717, 1.165) is 61.3 Å². The number of anilines is 4. The number of likely N-dealkylation sites (tertiary alicyclic amines) is 1. The number of hydrogen-bond donors (Lipinski definition) is 4. The molecule has 1 atom stereocenters. The fourth-order valence-electron chi connectivity index (χ4n) is 9.82. The van der Waals surface area contributed by atoms with E-state index in [9.17, 15) is 31.8 Å². The number of piperidine rings is 1. The summed E-state index contributed by atoms with van der Waals surface area (Å²) in [5, 5.41) is 24.1. The largest absolute Gasteiger partial charge is 0.478 e. The van der Waals surface area contributed by atoms with Crippen LogP contribution < -0.4 is 19.8 Å². The molecule has 8 rings (SSSR count). The van der Waals surface area contributed by atoms with Crippen LogP contribution in [0, 0.1) is 18.7 Å². The monoisotopic (exact) mass is 1060 g/mol. The van der Waals surface area contributed by atoms with E-state index in [1.807, 2.05) is 79.1 Å². The number of hydrogen-bond acceptors (Lipinski definition) is 11. The van der Waals surface area contributed by atoms with Crippen molar-refractivity contribution in [3.8, 4) is 22.4 Å². The number of sulfone groups is 1. The number of carboxylic acid groups (broad SMARTS) is 1. The second-order valence-electron chi connectivity index (χ2n) is 18.9. The van der Waals surface area contributed by atoms with Gasteiger partial charge < -0.3 is 34.8 Å². The van der Waals surface area contributed by atoms with Crippen molar-refractivity contribution in [2.45, 2.75) is 66.8 Å². The smallest absolute Gasteiger partial charge is 0.338 e. The average Bonchev–Trinajstić information content (AvgIpc) is 3.68. The van der Waals surface area contributed by atoms with Gasteiger partial charge in [-0.15, -0.1) is 11.8 Å². The van der Waals surface area contributed by atoms with Crippen LogP contribution in [0.3, 0.4) is 0 Å². The highest BCUT2D eigenvalue weighted by atomic mass is 35.5. The van der Waals surface area contributed by atoms with Crippen molar-refractivity contribution in [2.24, 2.45) is 5.92 Å². The Morgan fingerprint density at radius 2 is 1.47 bits per heavy atom. The molecule has 2 aliphatic heterocycles. The summed E-state index contributed by atoms with van der Waals surface area (Å²) in [6.07, 6.45) is 3.67. The normalized spacial score (nSPS) is 15.5. The van der Waals surface area contributed by atoms with Gasteiger partial charge in [0.05, 0.1) is 26.7 Å². The molecule has 13 nitrogen and oxygen atoms in total. The number of nitrogens with one attached hydrogen (secondary N) is 2. The Morgan fingerprint density at radius 3 is 2.08 bits per heavy atom. The van der Waals surface area contributed by atoms with Crippen molar-refractivity contribution in [3.05, 3.63) is 137 Å². The van der Waals surface area contributed by atoms with Crippen LogP contribution in [0.25, 0.3) is 22.4 Å². The minimum atomic E-state index is -4.22. The molecule has 0 saturated carbocycles. The van der Waals surface area contributed by atoms with Gasteiger partial charge in [0.15, 0.2) is 9.84 Å². The maximum atomic E-state index is 15.7. The number of aromatic nitrogens is 1. The number of carbonyl (C=O) groups is 1. The van der Waals surface area contributed by atoms with Gasteiger partial charge in [-0.3, -0.25) is 4.72 Å². The fourth-order valence-corrected chi connectivity index (χ4v) is 13.0. The lowest BCUT2D eigenvalue weighted by atomic mass is 9.96. The Kier molecular flexibility index (Phi) is 16.6. The molecule has 0 amide bonds. The molecular weight excluding hydrogens is 995 g/mol. The summed E-state index contributed by atoms with van der Waals surface area (Å²) in [7, 11) is -8.09. The number of nitrogens with zero attached hydrogens (tertiary/aromatic N) is 4. The van der Waals surface area contributed by atoms with Crippen molar-refractivity contribution >= 4 is 71.9 Å². The van der Waals surface area contributed by atoms with Crippen LogP contribution in [0.1, 0.15) is 55.2 Å². The number of thioether (sulfide) groups is 1. The van der Waals surface area contributed by atoms with Gasteiger partial charge >= 0.3 is 5.97 Å². The first-order valence-electron chi connectivity index (χ1n) is 24.2. The van der Waals surface area contributed by atoms with Crippen molar-refractivity contribution in [1.29, 1.82) is 0 Å². The molecule has 1 unspecified atom stereocenters. The van der Waals surface area contributed by atoms with Crippen LogP contribution in [0.15, 0.2) is 130 Å². The van der Waals surface area contributed by atoms with Crippen LogP contribution in [-0.2, 0) is 19.9 Å². The number of sulfonamides is 1. The number of rotatable bonds is 19. The molecule has 0 aliphatic carbocycles. The van der Waals surface area contributed by atoms with Crippen LogP contribution in [0.5, 0.6) is 0 Å². The molecule has 2 aliphatic rings. The molecule has 2 fully saturated rings. The highest BCUT2D eigenvalue weighted by Crippen LogP contribution is 2.43. The average molecular weight is 1060 g/mol. The lowest BCUT2D eigenvalue weighted by Crippen LogP contribution is -2.46. The SMILES string of the molecule is Cc1c(C(=O)O)c(-c2cc(F)cc(N3CCN(c4ccc(NS(=O)(=O)c5ccc(NC(CCN6CCC(CO)CC6)CSc6ccccc6)c(S(C)(=O)=O)c5)cc4)CC3)c2)c(-c2ccc(Cl)cc2)n1C(C)C. The van der Waals surface area contributed by atoms with Crippen molar-refractivity contribution in [3.63, 3.8) is 0 Å². The molecule has 4 N–H and O–H groups in total. The molecular formula is C54H62ClFN6O7S3. The van der Waals surface area contributed by atoms with Gasteiger partial charge in [0.25, 0.3) is 10.0 Å². The highest BCUT2D eigenvalue weighted by molar-refractivity contribution is 7.99. The van der Waals surface area contributed by atoms with E-state index in [2.05, 4.69) is 24.7 Å². The zero-order valence-electron chi connectivity index (χ0n) is 40.9. The summed E-state index contributed by atoms with van der Waals surface area (Å²) >= 11 is 7.91. The molecule has 6 aromatic rings. The molecule has 0 spiro atoms. The topological polar surface area (TPSA) is 165 Å². The third-order valence-electron chi connectivity index (χ3n) is 13.6. The predicted molar refractivity (Wildman–Crippen MR) is 289 cm³/mol. The third kappa shape index (κ3) is 12.4. The van der Waals surface area contributed by atoms with E-state index < -0.39 is 31.6 Å². The van der Waals surface area contributed by atoms with Crippen LogP contribution >= 0.6 is 23.4 Å². The molecule has 1 aromatic heterocycles. The minimum Gasteiger partial charge on any atom is -0.478 e. The van der Waals surface area contributed by atoms with Gasteiger partial charge in [0.1, 0.15) is 5.82 Å². The van der Waals surface area contributed by atoms with Gasteiger partial charge in [0.2, 0.25) is 0 Å². The second kappa shape index (κ2) is 22.7. The summed E-state index contributed by atoms with van der Waals surface area (Å²) in [5.74, 6) is -0.618. The van der Waals surface area contributed by atoms with E-state index in [0.29, 0.717) is 82.4 Å². The van der Waals surface area contributed by atoms with Gasteiger partial charge in [-0.2, -0.15) is 0 Å². The van der Waals surface area contributed by atoms with Crippen molar-refractivity contribution in [1.82, 2.24) is 9.47 Å². The molecule has 382 valence electrons. The summed E-state index contributed by atoms with van der Waals surface area (Å²) in [6.45, 7) is 10.7. The lowest BCUT2D eigenvalue weighted by Gasteiger charge is -2.37. The van der Waals surface area contributed by atoms with Gasteiger partial charge in [0, 0.05) is 102 Å². The summed E-state index contributed by atoms with van der Waals surface area (Å²) < 4.78 is 74.6. The predicted octanol–water partition coefficient (Wildman–Crippen LogP) is 10.4.